The number of carbonyl (C=O) groups is 1. The first-order valence-electron chi connectivity index (χ1n) is 8.18. The third-order valence-corrected chi connectivity index (χ3v) is 4.43. The Morgan fingerprint density at radius 2 is 2.04 bits per heavy atom. The Hall–Kier alpha value is -2.24. The van der Waals surface area contributed by atoms with E-state index in [9.17, 15) is 4.79 Å². The highest BCUT2D eigenvalue weighted by molar-refractivity contribution is 6.36. The van der Waals surface area contributed by atoms with Gasteiger partial charge in [0.1, 0.15) is 11.5 Å². The molecule has 2 aromatic heterocycles. The number of oxazole rings is 1. The Kier molecular flexibility index (Phi) is 5.69. The second-order valence-corrected chi connectivity index (χ2v) is 6.82. The van der Waals surface area contributed by atoms with Gasteiger partial charge >= 0.3 is 0 Å². The number of amides is 1. The fraction of sp³-hybridized carbons (Fsp3) is 0.263. The summed E-state index contributed by atoms with van der Waals surface area (Å²) in [5.41, 5.74) is 0.709. The molecule has 3 aromatic rings. The fourth-order valence-electron chi connectivity index (χ4n) is 2.53. The van der Waals surface area contributed by atoms with Gasteiger partial charge in [0.2, 0.25) is 5.91 Å². The van der Waals surface area contributed by atoms with Gasteiger partial charge in [-0.05, 0) is 44.2 Å². The number of furan rings is 1. The molecule has 136 valence electrons. The Balaban J connectivity index is 1.57. The van der Waals surface area contributed by atoms with Crippen LogP contribution in [0, 0.1) is 6.92 Å². The van der Waals surface area contributed by atoms with Crippen LogP contribution in [0.3, 0.4) is 0 Å². The maximum Gasteiger partial charge on any atom is 0.221 e. The second-order valence-electron chi connectivity index (χ2n) is 5.98. The molecular formula is C19H18Cl2N2O3. The van der Waals surface area contributed by atoms with Crippen molar-refractivity contribution in [3.8, 4) is 11.3 Å². The molecule has 26 heavy (non-hydrogen) atoms. The van der Waals surface area contributed by atoms with Crippen molar-refractivity contribution in [1.82, 2.24) is 10.3 Å². The number of hydrogen-bond acceptors (Lipinski definition) is 4. The Labute approximate surface area is 161 Å². The Bertz CT molecular complexity index is 917. The van der Waals surface area contributed by atoms with E-state index in [4.69, 9.17) is 32.0 Å². The molecular weight excluding hydrogens is 375 g/mol. The van der Waals surface area contributed by atoms with Crippen LogP contribution in [0.1, 0.15) is 36.8 Å². The van der Waals surface area contributed by atoms with E-state index in [0.717, 1.165) is 11.5 Å². The van der Waals surface area contributed by atoms with Crippen LogP contribution in [0.25, 0.3) is 11.3 Å². The number of aryl methyl sites for hydroxylation is 2. The van der Waals surface area contributed by atoms with E-state index in [1.165, 1.54) is 0 Å². The molecule has 1 unspecified atom stereocenters. The first-order valence-corrected chi connectivity index (χ1v) is 8.94. The lowest BCUT2D eigenvalue weighted by atomic mass is 10.2. The Morgan fingerprint density at radius 1 is 1.23 bits per heavy atom. The number of aromatic nitrogens is 1. The summed E-state index contributed by atoms with van der Waals surface area (Å²) in [5, 5.41) is 3.93. The molecule has 3 rings (SSSR count). The zero-order chi connectivity index (χ0) is 18.7. The fourth-order valence-corrected chi connectivity index (χ4v) is 3.03. The summed E-state index contributed by atoms with van der Waals surface area (Å²) < 4.78 is 11.2. The summed E-state index contributed by atoms with van der Waals surface area (Å²) in [5.74, 6) is 2.46. The summed E-state index contributed by atoms with van der Waals surface area (Å²) >= 11 is 12.1. The molecule has 0 saturated carbocycles. The molecule has 0 aliphatic heterocycles. The summed E-state index contributed by atoms with van der Waals surface area (Å²) in [6.07, 6.45) is 2.25. The van der Waals surface area contributed by atoms with Gasteiger partial charge in [0.25, 0.3) is 0 Å². The molecule has 7 heteroatoms. The number of hydrogen-bond donors (Lipinski definition) is 1. The standard InChI is InChI=1S/C19H18Cl2N2O3/c1-11-3-6-16(25-11)12(2)23-18(24)7-8-19-22-10-17(26-19)14-5-4-13(20)9-15(14)21/h3-6,9-10,12H,7-8H2,1-2H3,(H,23,24). The van der Waals surface area contributed by atoms with Crippen LogP contribution in [0.4, 0.5) is 0 Å². The first-order chi connectivity index (χ1) is 12.4. The lowest BCUT2D eigenvalue weighted by Gasteiger charge is -2.10. The molecule has 1 atom stereocenters. The highest BCUT2D eigenvalue weighted by Gasteiger charge is 2.15. The molecule has 5 nitrogen and oxygen atoms in total. The first kappa shape index (κ1) is 18.5. The van der Waals surface area contributed by atoms with E-state index >= 15 is 0 Å². The van der Waals surface area contributed by atoms with Gasteiger partial charge in [0, 0.05) is 23.4 Å². The number of nitrogens with zero attached hydrogens (tertiary/aromatic N) is 1. The SMILES string of the molecule is Cc1ccc(C(C)NC(=O)CCc2ncc(-c3ccc(Cl)cc3Cl)o2)o1. The molecule has 2 heterocycles. The smallest absolute Gasteiger partial charge is 0.221 e. The van der Waals surface area contributed by atoms with Crippen molar-refractivity contribution in [2.24, 2.45) is 0 Å². The average Bonchev–Trinajstić information content (AvgIpc) is 3.22. The quantitative estimate of drug-likeness (QED) is 0.612. The van der Waals surface area contributed by atoms with Crippen molar-refractivity contribution in [3.63, 3.8) is 0 Å². The van der Waals surface area contributed by atoms with Crippen LogP contribution in [0.2, 0.25) is 10.0 Å². The van der Waals surface area contributed by atoms with E-state index < -0.39 is 0 Å². The van der Waals surface area contributed by atoms with Crippen LogP contribution in [-0.2, 0) is 11.2 Å². The molecule has 0 fully saturated rings. The number of nitrogens with one attached hydrogen (secondary N) is 1. The normalized spacial score (nSPS) is 12.2. The summed E-state index contributed by atoms with van der Waals surface area (Å²) in [7, 11) is 0. The zero-order valence-corrected chi connectivity index (χ0v) is 15.9. The molecule has 0 aliphatic rings. The highest BCUT2D eigenvalue weighted by atomic mass is 35.5. The molecule has 1 amide bonds. The van der Waals surface area contributed by atoms with Gasteiger partial charge in [-0.15, -0.1) is 0 Å². The maximum absolute atomic E-state index is 12.1. The third kappa shape index (κ3) is 4.48. The monoisotopic (exact) mass is 392 g/mol. The van der Waals surface area contributed by atoms with Crippen molar-refractivity contribution in [1.29, 1.82) is 0 Å². The molecule has 0 saturated heterocycles. The van der Waals surface area contributed by atoms with E-state index in [0.29, 0.717) is 33.7 Å². The number of carbonyl (C=O) groups excluding carboxylic acids is 1. The minimum absolute atomic E-state index is 0.101. The predicted octanol–water partition coefficient (Wildman–Crippen LogP) is 5.36. The van der Waals surface area contributed by atoms with Gasteiger partial charge in [-0.1, -0.05) is 23.2 Å². The summed E-state index contributed by atoms with van der Waals surface area (Å²) in [6, 6.07) is 8.69. The van der Waals surface area contributed by atoms with Crippen molar-refractivity contribution in [2.75, 3.05) is 0 Å². The average molecular weight is 393 g/mol. The summed E-state index contributed by atoms with van der Waals surface area (Å²) in [4.78, 5) is 16.3. The number of benzene rings is 1. The molecule has 1 aromatic carbocycles. The van der Waals surface area contributed by atoms with E-state index in [2.05, 4.69) is 10.3 Å². The van der Waals surface area contributed by atoms with Crippen molar-refractivity contribution in [3.05, 3.63) is 64.0 Å². The van der Waals surface area contributed by atoms with Gasteiger partial charge in [-0.25, -0.2) is 4.98 Å². The topological polar surface area (TPSA) is 68.3 Å². The number of halogens is 2. The predicted molar refractivity (Wildman–Crippen MR) is 100 cm³/mol. The molecule has 0 bridgehead atoms. The Morgan fingerprint density at radius 3 is 2.73 bits per heavy atom. The largest absolute Gasteiger partial charge is 0.464 e. The minimum atomic E-state index is -0.191. The van der Waals surface area contributed by atoms with Crippen LogP contribution in [0.15, 0.2) is 45.4 Å². The van der Waals surface area contributed by atoms with Gasteiger partial charge in [0.15, 0.2) is 11.7 Å². The van der Waals surface area contributed by atoms with Crippen LogP contribution >= 0.6 is 23.2 Å². The van der Waals surface area contributed by atoms with Crippen molar-refractivity contribution < 1.29 is 13.6 Å². The lowest BCUT2D eigenvalue weighted by molar-refractivity contribution is -0.121. The van der Waals surface area contributed by atoms with Crippen LogP contribution in [0.5, 0.6) is 0 Å². The molecule has 0 aliphatic carbocycles. The van der Waals surface area contributed by atoms with E-state index in [-0.39, 0.29) is 18.4 Å². The molecule has 0 radical (unpaired) electrons. The van der Waals surface area contributed by atoms with Crippen molar-refractivity contribution in [2.45, 2.75) is 32.7 Å². The van der Waals surface area contributed by atoms with Gasteiger partial charge in [-0.3, -0.25) is 4.79 Å². The van der Waals surface area contributed by atoms with Crippen LogP contribution < -0.4 is 5.32 Å². The van der Waals surface area contributed by atoms with E-state index in [1.54, 1.807) is 24.4 Å². The van der Waals surface area contributed by atoms with Crippen LogP contribution in [-0.4, -0.2) is 10.9 Å². The van der Waals surface area contributed by atoms with Gasteiger partial charge < -0.3 is 14.2 Å². The van der Waals surface area contributed by atoms with E-state index in [1.807, 2.05) is 26.0 Å². The minimum Gasteiger partial charge on any atom is -0.464 e. The van der Waals surface area contributed by atoms with Gasteiger partial charge in [-0.2, -0.15) is 0 Å². The highest BCUT2D eigenvalue weighted by Crippen LogP contribution is 2.30. The summed E-state index contributed by atoms with van der Waals surface area (Å²) in [6.45, 7) is 3.74. The number of rotatable bonds is 6. The zero-order valence-electron chi connectivity index (χ0n) is 14.4. The third-order valence-electron chi connectivity index (χ3n) is 3.88. The molecule has 1 N–H and O–H groups in total. The van der Waals surface area contributed by atoms with Crippen molar-refractivity contribution >= 4 is 29.1 Å². The lowest BCUT2D eigenvalue weighted by Crippen LogP contribution is -2.26. The molecule has 0 spiro atoms. The second kappa shape index (κ2) is 7.98. The van der Waals surface area contributed by atoms with Gasteiger partial charge in [0.05, 0.1) is 17.3 Å². The maximum atomic E-state index is 12.1.